The second-order valence-corrected chi connectivity index (χ2v) is 4.65. The molecule has 19 heavy (non-hydrogen) atoms. The molecule has 0 saturated carbocycles. The number of carbonyl (C=O) groups is 1. The molecule has 0 unspecified atom stereocenters. The lowest BCUT2D eigenvalue weighted by Crippen LogP contribution is -2.28. The highest BCUT2D eigenvalue weighted by Crippen LogP contribution is 2.22. The summed E-state index contributed by atoms with van der Waals surface area (Å²) in [5.41, 5.74) is 2.41. The molecule has 1 aromatic carbocycles. The summed E-state index contributed by atoms with van der Waals surface area (Å²) in [6, 6.07) is 8.27. The number of benzene rings is 1. The fourth-order valence-electron chi connectivity index (χ4n) is 2.42. The van der Waals surface area contributed by atoms with Crippen molar-refractivity contribution in [3.8, 4) is 0 Å². The molecule has 0 aliphatic rings. The first-order valence-corrected chi connectivity index (χ1v) is 6.66. The minimum absolute atomic E-state index is 0.0854. The maximum absolute atomic E-state index is 10.8. The number of hydrogen-bond acceptors (Lipinski definition) is 2. The Kier molecular flexibility index (Phi) is 4.22. The van der Waals surface area contributed by atoms with E-state index < -0.39 is 5.97 Å². The van der Waals surface area contributed by atoms with Crippen molar-refractivity contribution in [3.05, 3.63) is 36.0 Å². The van der Waals surface area contributed by atoms with E-state index in [-0.39, 0.29) is 6.54 Å². The summed E-state index contributed by atoms with van der Waals surface area (Å²) < 4.78 is 2.21. The Morgan fingerprint density at radius 1 is 1.32 bits per heavy atom. The van der Waals surface area contributed by atoms with Gasteiger partial charge in [-0.1, -0.05) is 25.1 Å². The van der Waals surface area contributed by atoms with Gasteiger partial charge in [-0.2, -0.15) is 0 Å². The number of para-hydroxylation sites is 1. The van der Waals surface area contributed by atoms with Crippen molar-refractivity contribution in [2.24, 2.45) is 0 Å². The molecule has 0 bridgehead atoms. The van der Waals surface area contributed by atoms with E-state index in [1.807, 2.05) is 24.0 Å². The largest absolute Gasteiger partial charge is 0.480 e. The zero-order valence-corrected chi connectivity index (χ0v) is 11.5. The smallest absolute Gasteiger partial charge is 0.317 e. The third-order valence-corrected chi connectivity index (χ3v) is 3.41. The molecular formula is C15H20N2O2. The summed E-state index contributed by atoms with van der Waals surface area (Å²) in [6.07, 6.45) is 2.13. The average molecular weight is 260 g/mol. The van der Waals surface area contributed by atoms with Crippen LogP contribution >= 0.6 is 0 Å². The highest BCUT2D eigenvalue weighted by molar-refractivity contribution is 5.84. The first kappa shape index (κ1) is 13.6. The van der Waals surface area contributed by atoms with E-state index in [0.29, 0.717) is 6.54 Å². The zero-order valence-electron chi connectivity index (χ0n) is 11.5. The Labute approximate surface area is 113 Å². The number of carboxylic acid groups (broad SMARTS) is 1. The van der Waals surface area contributed by atoms with Crippen LogP contribution in [-0.4, -0.2) is 33.6 Å². The molecule has 0 aliphatic carbocycles. The van der Waals surface area contributed by atoms with Gasteiger partial charge in [0.15, 0.2) is 0 Å². The number of aromatic nitrogens is 1. The van der Waals surface area contributed by atoms with Crippen molar-refractivity contribution in [2.75, 3.05) is 13.1 Å². The molecule has 1 N–H and O–H groups in total. The molecule has 2 aromatic rings. The van der Waals surface area contributed by atoms with Gasteiger partial charge in [0.05, 0.1) is 6.54 Å². The number of likely N-dealkylation sites (N-methyl/N-ethyl adjacent to an activating group) is 1. The van der Waals surface area contributed by atoms with Gasteiger partial charge in [0.25, 0.3) is 0 Å². The molecule has 4 nitrogen and oxygen atoms in total. The zero-order chi connectivity index (χ0) is 13.8. The molecule has 4 heteroatoms. The van der Waals surface area contributed by atoms with Crippen molar-refractivity contribution in [2.45, 2.75) is 26.9 Å². The number of rotatable bonds is 6. The van der Waals surface area contributed by atoms with Crippen molar-refractivity contribution in [1.29, 1.82) is 0 Å². The average Bonchev–Trinajstić information content (AvgIpc) is 2.76. The fourth-order valence-corrected chi connectivity index (χ4v) is 2.42. The van der Waals surface area contributed by atoms with Crippen LogP contribution in [-0.2, 0) is 17.9 Å². The summed E-state index contributed by atoms with van der Waals surface area (Å²) in [5.74, 6) is -0.777. The summed E-state index contributed by atoms with van der Waals surface area (Å²) in [5, 5.41) is 10.1. The van der Waals surface area contributed by atoms with Crippen LogP contribution in [0.4, 0.5) is 0 Å². The number of hydrogen-bond donors (Lipinski definition) is 1. The van der Waals surface area contributed by atoms with Gasteiger partial charge in [-0.15, -0.1) is 0 Å². The Morgan fingerprint density at radius 2 is 2.05 bits per heavy atom. The molecular weight excluding hydrogens is 240 g/mol. The number of aliphatic carboxylic acids is 1. The quantitative estimate of drug-likeness (QED) is 0.868. The first-order valence-electron chi connectivity index (χ1n) is 6.66. The minimum Gasteiger partial charge on any atom is -0.480 e. The summed E-state index contributed by atoms with van der Waals surface area (Å²) in [6.45, 7) is 6.52. The predicted molar refractivity (Wildman–Crippen MR) is 76.2 cm³/mol. The molecule has 0 fully saturated rings. The molecule has 0 radical (unpaired) electrons. The van der Waals surface area contributed by atoms with Crippen LogP contribution in [0.2, 0.25) is 0 Å². The highest BCUT2D eigenvalue weighted by Gasteiger charge is 2.12. The summed E-state index contributed by atoms with van der Waals surface area (Å²) in [4.78, 5) is 12.8. The standard InChI is InChI=1S/C15H20N2O2/c1-3-16(11-15(18)19)9-12-10-17(4-2)14-8-6-5-7-13(12)14/h5-8,10H,3-4,9,11H2,1-2H3,(H,18,19). The molecule has 0 amide bonds. The van der Waals surface area contributed by atoms with Gasteiger partial charge in [0.1, 0.15) is 0 Å². The van der Waals surface area contributed by atoms with Gasteiger partial charge in [-0.05, 0) is 25.1 Å². The molecule has 1 aromatic heterocycles. The predicted octanol–water partition coefficient (Wildman–Crippen LogP) is 2.57. The lowest BCUT2D eigenvalue weighted by Gasteiger charge is -2.17. The second kappa shape index (κ2) is 5.89. The molecule has 1 heterocycles. The van der Waals surface area contributed by atoms with Crippen LogP contribution < -0.4 is 0 Å². The highest BCUT2D eigenvalue weighted by atomic mass is 16.4. The monoisotopic (exact) mass is 260 g/mol. The van der Waals surface area contributed by atoms with Crippen LogP contribution in [0.3, 0.4) is 0 Å². The fraction of sp³-hybridized carbons (Fsp3) is 0.400. The van der Waals surface area contributed by atoms with E-state index in [0.717, 1.165) is 13.1 Å². The van der Waals surface area contributed by atoms with E-state index in [9.17, 15) is 4.79 Å². The van der Waals surface area contributed by atoms with Crippen LogP contribution in [0.25, 0.3) is 10.9 Å². The van der Waals surface area contributed by atoms with Crippen molar-refractivity contribution < 1.29 is 9.90 Å². The van der Waals surface area contributed by atoms with E-state index in [1.165, 1.54) is 16.5 Å². The van der Waals surface area contributed by atoms with Gasteiger partial charge < -0.3 is 9.67 Å². The van der Waals surface area contributed by atoms with Gasteiger partial charge >= 0.3 is 5.97 Å². The third kappa shape index (κ3) is 2.96. The van der Waals surface area contributed by atoms with Crippen molar-refractivity contribution in [3.63, 3.8) is 0 Å². The van der Waals surface area contributed by atoms with E-state index >= 15 is 0 Å². The number of aryl methyl sites for hydroxylation is 1. The Balaban J connectivity index is 2.31. The van der Waals surface area contributed by atoms with Crippen molar-refractivity contribution >= 4 is 16.9 Å². The number of carboxylic acids is 1. The normalized spacial score (nSPS) is 11.3. The van der Waals surface area contributed by atoms with Gasteiger partial charge in [0, 0.05) is 30.2 Å². The number of fused-ring (bicyclic) bond motifs is 1. The molecule has 102 valence electrons. The minimum atomic E-state index is -0.777. The van der Waals surface area contributed by atoms with Crippen LogP contribution in [0.5, 0.6) is 0 Å². The lowest BCUT2D eigenvalue weighted by atomic mass is 10.1. The van der Waals surface area contributed by atoms with E-state index in [2.05, 4.69) is 29.8 Å². The Morgan fingerprint density at radius 3 is 2.68 bits per heavy atom. The van der Waals surface area contributed by atoms with E-state index in [1.54, 1.807) is 0 Å². The maximum atomic E-state index is 10.8. The van der Waals surface area contributed by atoms with E-state index in [4.69, 9.17) is 5.11 Å². The van der Waals surface area contributed by atoms with Crippen molar-refractivity contribution in [1.82, 2.24) is 9.47 Å². The Bertz CT molecular complexity index is 575. The SMILES string of the molecule is CCN(CC(=O)O)Cc1cn(CC)c2ccccc12. The molecule has 0 atom stereocenters. The van der Waals surface area contributed by atoms with Crippen LogP contribution in [0.15, 0.2) is 30.5 Å². The van der Waals surface area contributed by atoms with Gasteiger partial charge in [-0.25, -0.2) is 0 Å². The maximum Gasteiger partial charge on any atom is 0.317 e. The van der Waals surface area contributed by atoms with Crippen LogP contribution in [0.1, 0.15) is 19.4 Å². The molecule has 2 rings (SSSR count). The molecule has 0 aliphatic heterocycles. The summed E-state index contributed by atoms with van der Waals surface area (Å²) in [7, 11) is 0. The molecule has 0 spiro atoms. The van der Waals surface area contributed by atoms with Gasteiger partial charge in [-0.3, -0.25) is 9.69 Å². The topological polar surface area (TPSA) is 45.5 Å². The van der Waals surface area contributed by atoms with Gasteiger partial charge in [0.2, 0.25) is 0 Å². The number of nitrogens with zero attached hydrogens (tertiary/aromatic N) is 2. The lowest BCUT2D eigenvalue weighted by molar-refractivity contribution is -0.138. The molecule has 0 saturated heterocycles. The summed E-state index contributed by atoms with van der Waals surface area (Å²) >= 11 is 0. The third-order valence-electron chi connectivity index (χ3n) is 3.41. The Hall–Kier alpha value is -1.81. The second-order valence-electron chi connectivity index (χ2n) is 4.65. The first-order chi connectivity index (χ1) is 9.15. The van der Waals surface area contributed by atoms with Crippen LogP contribution in [0, 0.1) is 0 Å².